The predicted molar refractivity (Wildman–Crippen MR) is 87.1 cm³/mol. The molecule has 3 amide bonds. The minimum Gasteiger partial charge on any atom is -0.355 e. The third kappa shape index (κ3) is 4.79. The minimum absolute atomic E-state index is 0.129. The van der Waals surface area contributed by atoms with E-state index >= 15 is 0 Å². The number of carbonyl (C=O) groups excluding carboxylic acids is 3. The van der Waals surface area contributed by atoms with Crippen LogP contribution in [0.4, 0.5) is 5.69 Å². The van der Waals surface area contributed by atoms with Crippen LogP contribution in [0.15, 0.2) is 24.3 Å². The molecule has 23 heavy (non-hydrogen) atoms. The summed E-state index contributed by atoms with van der Waals surface area (Å²) < 4.78 is 0. The molecule has 1 unspecified atom stereocenters. The van der Waals surface area contributed by atoms with E-state index in [1.54, 1.807) is 24.3 Å². The van der Waals surface area contributed by atoms with Crippen molar-refractivity contribution >= 4 is 23.4 Å². The number of benzene rings is 1. The van der Waals surface area contributed by atoms with E-state index in [4.69, 9.17) is 0 Å². The Hall–Kier alpha value is -2.41. The van der Waals surface area contributed by atoms with Gasteiger partial charge in [0.2, 0.25) is 11.8 Å². The predicted octanol–water partition coefficient (Wildman–Crippen LogP) is 0.195. The number of carbonyl (C=O) groups is 3. The Bertz CT molecular complexity index is 601. The normalized spacial score (nSPS) is 17.1. The van der Waals surface area contributed by atoms with E-state index in [-0.39, 0.29) is 30.6 Å². The van der Waals surface area contributed by atoms with Gasteiger partial charge in [0.25, 0.3) is 5.91 Å². The van der Waals surface area contributed by atoms with Crippen molar-refractivity contribution in [1.82, 2.24) is 15.5 Å². The smallest absolute Gasteiger partial charge is 0.254 e. The van der Waals surface area contributed by atoms with Gasteiger partial charge in [-0.05, 0) is 32.6 Å². The van der Waals surface area contributed by atoms with Crippen LogP contribution in [-0.4, -0.2) is 55.8 Å². The lowest BCUT2D eigenvalue weighted by Gasteiger charge is -2.15. The number of rotatable bonds is 6. The zero-order valence-electron chi connectivity index (χ0n) is 13.4. The first-order chi connectivity index (χ1) is 11.0. The number of nitrogens with one attached hydrogen (secondary N) is 3. The van der Waals surface area contributed by atoms with Gasteiger partial charge in [0.15, 0.2) is 0 Å². The molecule has 0 bridgehead atoms. The Balaban J connectivity index is 1.88. The van der Waals surface area contributed by atoms with Crippen molar-refractivity contribution in [3.63, 3.8) is 0 Å². The highest BCUT2D eigenvalue weighted by atomic mass is 16.2. The van der Waals surface area contributed by atoms with E-state index in [9.17, 15) is 14.4 Å². The van der Waals surface area contributed by atoms with Crippen molar-refractivity contribution in [2.75, 3.05) is 32.5 Å². The molecule has 1 aromatic carbocycles. The van der Waals surface area contributed by atoms with Crippen molar-refractivity contribution in [3.05, 3.63) is 29.8 Å². The quantitative estimate of drug-likeness (QED) is 0.699. The number of fused-ring (bicyclic) bond motifs is 1. The number of amides is 3. The summed E-state index contributed by atoms with van der Waals surface area (Å²) in [5.41, 5.74) is 0.923. The number of para-hydroxylation sites is 1. The fourth-order valence-corrected chi connectivity index (χ4v) is 2.30. The molecule has 1 aliphatic rings. The molecule has 0 fully saturated rings. The molecule has 7 nitrogen and oxygen atoms in total. The van der Waals surface area contributed by atoms with Crippen molar-refractivity contribution in [2.45, 2.75) is 18.9 Å². The Labute approximate surface area is 135 Å². The van der Waals surface area contributed by atoms with Crippen LogP contribution in [0, 0.1) is 0 Å². The van der Waals surface area contributed by atoms with Crippen LogP contribution in [0.1, 0.15) is 23.2 Å². The van der Waals surface area contributed by atoms with Gasteiger partial charge in [0.1, 0.15) is 6.04 Å². The lowest BCUT2D eigenvalue weighted by molar-refractivity contribution is -0.121. The summed E-state index contributed by atoms with van der Waals surface area (Å²) in [6, 6.07) is 6.12. The molecule has 0 aliphatic carbocycles. The van der Waals surface area contributed by atoms with Crippen LogP contribution in [-0.2, 0) is 9.59 Å². The van der Waals surface area contributed by atoms with E-state index < -0.39 is 6.04 Å². The van der Waals surface area contributed by atoms with Gasteiger partial charge >= 0.3 is 0 Å². The Morgan fingerprint density at radius 2 is 2.00 bits per heavy atom. The van der Waals surface area contributed by atoms with Gasteiger partial charge in [0.05, 0.1) is 11.3 Å². The first kappa shape index (κ1) is 17.0. The molecule has 0 aromatic heterocycles. The van der Waals surface area contributed by atoms with Gasteiger partial charge < -0.3 is 20.9 Å². The van der Waals surface area contributed by atoms with Crippen LogP contribution >= 0.6 is 0 Å². The van der Waals surface area contributed by atoms with Gasteiger partial charge in [-0.25, -0.2) is 0 Å². The Kier molecular flexibility index (Phi) is 5.70. The number of anilines is 1. The van der Waals surface area contributed by atoms with Crippen molar-refractivity contribution in [2.24, 2.45) is 0 Å². The maximum Gasteiger partial charge on any atom is 0.254 e. The fourth-order valence-electron chi connectivity index (χ4n) is 2.30. The van der Waals surface area contributed by atoms with Crippen molar-refractivity contribution in [1.29, 1.82) is 0 Å². The largest absolute Gasteiger partial charge is 0.355 e. The summed E-state index contributed by atoms with van der Waals surface area (Å²) in [7, 11) is 3.85. The number of nitrogens with zero attached hydrogens (tertiary/aromatic N) is 1. The Morgan fingerprint density at radius 3 is 2.74 bits per heavy atom. The monoisotopic (exact) mass is 318 g/mol. The second-order valence-electron chi connectivity index (χ2n) is 5.75. The molecule has 3 N–H and O–H groups in total. The third-order valence-corrected chi connectivity index (χ3v) is 3.59. The van der Waals surface area contributed by atoms with Gasteiger partial charge in [-0.2, -0.15) is 0 Å². The zero-order chi connectivity index (χ0) is 16.8. The van der Waals surface area contributed by atoms with E-state index in [1.807, 2.05) is 19.0 Å². The zero-order valence-corrected chi connectivity index (χ0v) is 13.4. The van der Waals surface area contributed by atoms with Crippen molar-refractivity contribution in [3.8, 4) is 0 Å². The van der Waals surface area contributed by atoms with E-state index in [0.29, 0.717) is 17.8 Å². The first-order valence-corrected chi connectivity index (χ1v) is 7.59. The summed E-state index contributed by atoms with van der Waals surface area (Å²) in [5, 5.41) is 8.19. The van der Waals surface area contributed by atoms with E-state index in [0.717, 1.165) is 6.54 Å². The highest BCUT2D eigenvalue weighted by molar-refractivity contribution is 6.09. The minimum atomic E-state index is -0.713. The maximum absolute atomic E-state index is 12.2. The molecule has 7 heteroatoms. The number of hydrogen-bond donors (Lipinski definition) is 3. The summed E-state index contributed by atoms with van der Waals surface area (Å²) in [4.78, 5) is 38.1. The second-order valence-corrected chi connectivity index (χ2v) is 5.75. The lowest BCUT2D eigenvalue weighted by Crippen LogP contribution is -2.42. The fraction of sp³-hybridized carbons (Fsp3) is 0.438. The number of hydrogen-bond acceptors (Lipinski definition) is 4. The van der Waals surface area contributed by atoms with Gasteiger partial charge in [0, 0.05) is 19.5 Å². The summed E-state index contributed by atoms with van der Waals surface area (Å²) in [6.07, 6.45) is 0.446. The summed E-state index contributed by atoms with van der Waals surface area (Å²) >= 11 is 0. The number of likely N-dealkylation sites (N-methyl/N-ethyl adjacent to an activating group) is 1. The molecular weight excluding hydrogens is 296 g/mol. The van der Waals surface area contributed by atoms with Crippen LogP contribution < -0.4 is 16.0 Å². The summed E-state index contributed by atoms with van der Waals surface area (Å²) in [6.45, 7) is 1.31. The van der Waals surface area contributed by atoms with Crippen LogP contribution in [0.5, 0.6) is 0 Å². The first-order valence-electron chi connectivity index (χ1n) is 7.59. The van der Waals surface area contributed by atoms with Gasteiger partial charge in [-0.3, -0.25) is 14.4 Å². The molecule has 2 rings (SSSR count). The molecule has 1 aromatic rings. The van der Waals surface area contributed by atoms with Crippen LogP contribution in [0.25, 0.3) is 0 Å². The van der Waals surface area contributed by atoms with Gasteiger partial charge in [-0.1, -0.05) is 12.1 Å². The maximum atomic E-state index is 12.2. The highest BCUT2D eigenvalue weighted by Crippen LogP contribution is 2.19. The lowest BCUT2D eigenvalue weighted by atomic mass is 10.1. The van der Waals surface area contributed by atoms with Crippen LogP contribution in [0.3, 0.4) is 0 Å². The average Bonchev–Trinajstić information content (AvgIpc) is 2.62. The molecule has 1 atom stereocenters. The van der Waals surface area contributed by atoms with E-state index in [2.05, 4.69) is 16.0 Å². The molecule has 124 valence electrons. The molecule has 0 saturated heterocycles. The average molecular weight is 318 g/mol. The summed E-state index contributed by atoms with van der Waals surface area (Å²) in [5.74, 6) is -0.739. The third-order valence-electron chi connectivity index (χ3n) is 3.59. The molecule has 0 saturated carbocycles. The van der Waals surface area contributed by atoms with Gasteiger partial charge in [-0.15, -0.1) is 0 Å². The topological polar surface area (TPSA) is 90.5 Å². The van der Waals surface area contributed by atoms with Crippen LogP contribution in [0.2, 0.25) is 0 Å². The molecule has 0 spiro atoms. The Morgan fingerprint density at radius 1 is 1.26 bits per heavy atom. The molecular formula is C16H22N4O3. The van der Waals surface area contributed by atoms with Crippen molar-refractivity contribution < 1.29 is 14.4 Å². The highest BCUT2D eigenvalue weighted by Gasteiger charge is 2.27. The molecule has 1 aliphatic heterocycles. The molecule has 1 heterocycles. The standard InChI is InChI=1S/C16H22N4O3/c1-20(2)10-9-17-14(21)8-7-13-16(23)18-12-6-4-3-5-11(12)15(22)19-13/h3-6,13H,7-10H2,1-2H3,(H,17,21)(H,18,23)(H,19,22). The molecule has 0 radical (unpaired) electrons. The second kappa shape index (κ2) is 7.73. The van der Waals surface area contributed by atoms with E-state index in [1.165, 1.54) is 0 Å². The SMILES string of the molecule is CN(C)CCNC(=O)CCC1NC(=O)c2ccccc2NC1=O.